The highest BCUT2D eigenvalue weighted by atomic mass is 79.9. The predicted octanol–water partition coefficient (Wildman–Crippen LogP) is 20.3. The number of hydrogen-bond acceptors (Lipinski definition) is 24. The molecule has 721 valence electrons. The van der Waals surface area contributed by atoms with Crippen LogP contribution in [0.1, 0.15) is 93.4 Å². The Labute approximate surface area is 840 Å². The fourth-order valence-corrected chi connectivity index (χ4v) is 11.8. The number of ether oxygens (including phenoxy) is 4. The summed E-state index contributed by atoms with van der Waals surface area (Å²) in [7, 11) is 18.3. The first-order valence-corrected chi connectivity index (χ1v) is 46.3. The van der Waals surface area contributed by atoms with Crippen LogP contribution in [0, 0.1) is 23.8 Å². The van der Waals surface area contributed by atoms with E-state index in [2.05, 4.69) is 120 Å². The number of benzene rings is 4. The van der Waals surface area contributed by atoms with Crippen molar-refractivity contribution in [2.24, 2.45) is 0 Å². The summed E-state index contributed by atoms with van der Waals surface area (Å²) < 4.78 is 97.3. The Kier molecular flexibility index (Phi) is 42.7. The lowest BCUT2D eigenvalue weighted by Gasteiger charge is -2.39. The second kappa shape index (κ2) is 51.9. The van der Waals surface area contributed by atoms with E-state index in [0.29, 0.717) is 37.3 Å². The van der Waals surface area contributed by atoms with E-state index in [-0.39, 0.29) is 17.4 Å². The number of alkyl halides is 1. The zero-order valence-electron chi connectivity index (χ0n) is 79.6. The van der Waals surface area contributed by atoms with Gasteiger partial charge in [-0.1, -0.05) is 132 Å². The third-order valence-electron chi connectivity index (χ3n) is 20.9. The maximum atomic E-state index is 14.4. The number of pyridine rings is 8. The monoisotopic (exact) mass is 2190 g/mol. The van der Waals surface area contributed by atoms with Gasteiger partial charge < -0.3 is 88.4 Å². The maximum absolute atomic E-state index is 14.4. The molecule has 0 bridgehead atoms. The highest BCUT2D eigenvalue weighted by molar-refractivity contribution is 9.11. The summed E-state index contributed by atoms with van der Waals surface area (Å²) in [5.74, 6) is 3.27. The molecule has 0 saturated heterocycles. The summed E-state index contributed by atoms with van der Waals surface area (Å²) in [6.07, 6.45) is 13.2. The average Bonchev–Trinajstić information content (AvgIpc) is 1.44. The minimum absolute atomic E-state index is 0.109. The first kappa shape index (κ1) is 113. The van der Waals surface area contributed by atoms with Crippen LogP contribution in [0.3, 0.4) is 0 Å². The van der Waals surface area contributed by atoms with Crippen molar-refractivity contribution in [2.45, 2.75) is 117 Å². The van der Waals surface area contributed by atoms with Crippen molar-refractivity contribution in [3.63, 3.8) is 0 Å². The molecule has 0 aliphatic rings. The summed E-state index contributed by atoms with van der Waals surface area (Å²) in [5.41, 5.74) is 21.9. The summed E-state index contributed by atoms with van der Waals surface area (Å²) >= 11 is 15.8. The summed E-state index contributed by atoms with van der Waals surface area (Å²) in [6.45, 7) is 21.1. The molecular formula is C98H111B3Br5F4N16O11. The van der Waals surface area contributed by atoms with Crippen LogP contribution in [-0.4, -0.2) is 192 Å². The van der Waals surface area contributed by atoms with Gasteiger partial charge in [0, 0.05) is 83.5 Å². The van der Waals surface area contributed by atoms with Crippen molar-refractivity contribution in [3.05, 3.63) is 291 Å². The Balaban J connectivity index is 0.000000217. The van der Waals surface area contributed by atoms with Crippen LogP contribution in [0.5, 0.6) is 23.0 Å². The molecule has 11 heterocycles. The van der Waals surface area contributed by atoms with E-state index in [1.54, 1.807) is 164 Å². The average molecular weight is 2200 g/mol. The molecule has 0 unspecified atom stereocenters. The number of methoxy groups -OCH3 is 4. The number of nitrogens with two attached hydrogens (primary N) is 3. The molecule has 0 amide bonds. The van der Waals surface area contributed by atoms with Crippen LogP contribution in [0.4, 0.5) is 46.7 Å². The molecule has 0 saturated carbocycles. The van der Waals surface area contributed by atoms with Crippen molar-refractivity contribution in [2.75, 3.05) is 89.0 Å². The van der Waals surface area contributed by atoms with Gasteiger partial charge in [0.25, 0.3) is 14.7 Å². The number of carbonyl (C=O) groups is 1. The number of halogens is 9. The molecule has 0 fully saturated rings. The number of carbonyl (C=O) groups excluding carboxylic acids is 1. The Morgan fingerprint density at radius 2 is 0.752 bits per heavy atom. The van der Waals surface area contributed by atoms with E-state index in [9.17, 15) is 37.7 Å². The number of rotatable bonds is 23. The lowest BCUT2D eigenvalue weighted by atomic mass is 9.62. The maximum Gasteiger partial charge on any atom is 0.330 e. The van der Waals surface area contributed by atoms with Gasteiger partial charge >= 0.3 is 7.48 Å². The number of hydrogen-bond donors (Lipinski definition) is 6. The van der Waals surface area contributed by atoms with Crippen molar-refractivity contribution in [1.82, 2.24) is 53.1 Å². The third-order valence-corrected chi connectivity index (χ3v) is 23.6. The number of nitrogens with zero attached hydrogens (tertiary/aromatic N) is 13. The van der Waals surface area contributed by atoms with Crippen molar-refractivity contribution < 1.29 is 70.6 Å². The number of Topliss-reactive ketones (excluding diaryl/α,β-unsaturated/α-hetero) is 1. The van der Waals surface area contributed by atoms with Gasteiger partial charge in [-0.2, -0.15) is 17.6 Å². The zero-order valence-corrected chi connectivity index (χ0v) is 87.5. The minimum Gasteiger partial charge on any atom is -0.495 e. The number of fused-ring (bicyclic) bond motifs is 3. The predicted molar refractivity (Wildman–Crippen MR) is 557 cm³/mol. The molecule has 9 N–H and O–H groups in total. The van der Waals surface area contributed by atoms with Crippen molar-refractivity contribution in [3.8, 4) is 67.9 Å². The minimum atomic E-state index is -0.969. The topological polar surface area (TPSA) is 343 Å². The van der Waals surface area contributed by atoms with E-state index in [0.717, 1.165) is 99.2 Å². The molecule has 15 rings (SSSR count). The van der Waals surface area contributed by atoms with E-state index < -0.39 is 57.4 Å². The number of aliphatic hydroxyl groups is 3. The molecule has 4 aromatic carbocycles. The summed E-state index contributed by atoms with van der Waals surface area (Å²) in [5, 5.41) is 30.3. The molecule has 27 nitrogen and oxygen atoms in total. The van der Waals surface area contributed by atoms with Gasteiger partial charge in [-0.3, -0.25) is 4.79 Å². The molecule has 0 aliphatic heterocycles. The van der Waals surface area contributed by atoms with Crippen molar-refractivity contribution in [1.29, 1.82) is 0 Å². The van der Waals surface area contributed by atoms with Gasteiger partial charge in [-0.05, 0) is 242 Å². The highest BCUT2D eigenvalue weighted by Crippen LogP contribution is 2.32. The lowest BCUT2D eigenvalue weighted by molar-refractivity contribution is -0.0948. The van der Waals surface area contributed by atoms with Crippen LogP contribution >= 0.6 is 79.6 Å². The standard InChI is InChI=1S/C21H19FN4O.C20H24BN2O3.C14H11BrN2O.C12H26B2O4.C8H6Br2O.C7H8BrFN2.C6H8N2O.C5H4BrFN2.C5H5FN2/c1-25(2)19-11-9-17(21(22)24-19)14-4-6-15(7-5-14)18-13-26-12-16(27-3)8-10-20(26)23-18;1-19(2,24)20(3,4)26-21-15-8-6-14(7-9-15)17-13-23-12-16(25-5)10-11-18(23)22-17;1-18-12-6-7-14-16-13(9-17(14)8-12)10-2-4-11(15)5-3-10;1-9(2,15)11(5,6)17-13-14-18-12(7,8)10(3,4)16;9-5-8(11)6-1-3-7(10)4-2-6;1-11(2)6-4-3-5(8)7(9)10-6;1-9-5-2-3-6(7)8-4-5;6-3-1-2-4(8)9-5(3)7;6-4-2-1-3-5(7)8-4/h4-13H,1-3H3;6-13,24H,1-5H3;2-9H,1H3;15-16H,1-8H3;1-4H,5H2;3-4H,1-2H3;2-4H,1H3,(H2,7,8);1-2H,(H2,8,9);1-3H,(H2,7,8). The zero-order chi connectivity index (χ0) is 102. The molecule has 137 heavy (non-hydrogen) atoms. The lowest BCUT2D eigenvalue weighted by Crippen LogP contribution is -2.51. The molecule has 15 aromatic rings. The van der Waals surface area contributed by atoms with Gasteiger partial charge in [0.1, 0.15) is 69.0 Å². The Morgan fingerprint density at radius 3 is 1.10 bits per heavy atom. The molecular weight excluding hydrogens is 2090 g/mol. The van der Waals surface area contributed by atoms with E-state index in [4.69, 9.17) is 50.1 Å². The fraction of sp³-hybridized carbons (Fsp3) is 0.276. The van der Waals surface area contributed by atoms with Gasteiger partial charge in [-0.25, -0.2) is 39.9 Å². The largest absolute Gasteiger partial charge is 0.495 e. The second-order valence-electron chi connectivity index (χ2n) is 33.4. The fourth-order valence-electron chi connectivity index (χ4n) is 10.5. The van der Waals surface area contributed by atoms with E-state index in [1.807, 2.05) is 220 Å². The van der Waals surface area contributed by atoms with Crippen LogP contribution in [0.2, 0.25) is 0 Å². The van der Waals surface area contributed by atoms with Crippen molar-refractivity contribution >= 4 is 159 Å². The van der Waals surface area contributed by atoms with Gasteiger partial charge in [0.05, 0.1) is 118 Å². The van der Waals surface area contributed by atoms with Crippen LogP contribution in [-0.2, 0) is 14.0 Å². The first-order chi connectivity index (χ1) is 64.4. The molecule has 0 spiro atoms. The number of nitrogen functional groups attached to an aromatic ring is 3. The number of imidazole rings is 3. The SMILES string of the molecule is CC(C)(O)C(C)(C)O[B][B]OC(C)(C)C(C)(C)O.CN(C)c1ccc(Br)c(F)n1.COc1ccc(N)nc1.COc1ccc2nc(-c3ccc(-c4ccc(N(C)C)nc4F)cc3)cn2c1.COc1ccc2nc(-c3ccc(Br)cc3)cn2c1.COc1ccc2nc(-c3ccc([B]OC(C)(C)C(C)(C)O)cc3)cn2c1.Nc1ccc(Br)c(F)n1.Nc1cccc(F)n1.O=C(CBr)c1ccc(Br)cc1. The highest BCUT2D eigenvalue weighted by Gasteiger charge is 2.39. The molecule has 11 aromatic heterocycles. The molecule has 39 heteroatoms. The quantitative estimate of drug-likeness (QED) is 0.00865. The van der Waals surface area contributed by atoms with Gasteiger partial charge in [0.2, 0.25) is 23.8 Å². The molecule has 0 aliphatic carbocycles. The normalized spacial score (nSPS) is 11.2. The first-order valence-electron chi connectivity index (χ1n) is 42.0. The molecule has 3 radical (unpaired) electrons. The summed E-state index contributed by atoms with van der Waals surface area (Å²) in [6, 6.07) is 60.2. The third kappa shape index (κ3) is 35.2. The Morgan fingerprint density at radius 1 is 0.394 bits per heavy atom. The van der Waals surface area contributed by atoms with Crippen LogP contribution < -0.4 is 51.4 Å². The smallest absolute Gasteiger partial charge is 0.330 e. The summed E-state index contributed by atoms with van der Waals surface area (Å²) in [4.78, 5) is 46.5. The Hall–Kier alpha value is -11.4. The van der Waals surface area contributed by atoms with Crippen LogP contribution in [0.25, 0.3) is 61.8 Å². The molecule has 0 atom stereocenters. The second-order valence-corrected chi connectivity index (χ2v) is 37.5. The number of aromatic nitrogens is 11. The Bertz CT molecular complexity index is 6300. The van der Waals surface area contributed by atoms with Gasteiger partial charge in [0.15, 0.2) is 5.78 Å². The number of ketones is 1. The number of anilines is 5. The van der Waals surface area contributed by atoms with Crippen LogP contribution in [0.15, 0.2) is 261 Å². The van der Waals surface area contributed by atoms with E-state index >= 15 is 0 Å². The van der Waals surface area contributed by atoms with E-state index in [1.165, 1.54) is 45.1 Å². The van der Waals surface area contributed by atoms with Gasteiger partial charge in [-0.15, -0.1) is 0 Å².